The second kappa shape index (κ2) is 7.66. The predicted octanol–water partition coefficient (Wildman–Crippen LogP) is 3.09. The van der Waals surface area contributed by atoms with E-state index in [4.69, 9.17) is 4.98 Å². The molecule has 0 radical (unpaired) electrons. The van der Waals surface area contributed by atoms with Crippen LogP contribution in [0.5, 0.6) is 0 Å². The van der Waals surface area contributed by atoms with Gasteiger partial charge in [0.1, 0.15) is 0 Å². The molecule has 1 saturated heterocycles. The van der Waals surface area contributed by atoms with Crippen molar-refractivity contribution in [1.29, 1.82) is 0 Å². The molecule has 1 fully saturated rings. The number of hydrogen-bond acceptors (Lipinski definition) is 4. The van der Waals surface area contributed by atoms with Crippen LogP contribution in [0.4, 0.5) is 0 Å². The Morgan fingerprint density at radius 2 is 1.85 bits per heavy atom. The molecule has 144 valence electrons. The third-order valence-electron chi connectivity index (χ3n) is 5.59. The minimum absolute atomic E-state index is 0.247. The number of benzene rings is 1. The molecule has 1 N–H and O–H groups in total. The van der Waals surface area contributed by atoms with E-state index in [1.165, 1.54) is 0 Å². The van der Waals surface area contributed by atoms with Gasteiger partial charge in [-0.05, 0) is 38.0 Å². The molecule has 2 aliphatic rings. The Morgan fingerprint density at radius 1 is 1.11 bits per heavy atom. The van der Waals surface area contributed by atoms with Gasteiger partial charge < -0.3 is 0 Å². The first kappa shape index (κ1) is 18.5. The topological polar surface area (TPSA) is 75.2 Å². The lowest BCUT2D eigenvalue weighted by atomic mass is 9.93. The quantitative estimate of drug-likeness (QED) is 0.876. The fourth-order valence-corrected chi connectivity index (χ4v) is 5.32. The number of piperidine rings is 1. The summed E-state index contributed by atoms with van der Waals surface area (Å²) >= 11 is 0. The molecule has 0 spiro atoms. The summed E-state index contributed by atoms with van der Waals surface area (Å²) in [5.41, 5.74) is 2.84. The maximum absolute atomic E-state index is 12.8. The molecule has 0 bridgehead atoms. The molecule has 6 nitrogen and oxygen atoms in total. The summed E-state index contributed by atoms with van der Waals surface area (Å²) in [6, 6.07) is 9.63. The van der Waals surface area contributed by atoms with Crippen molar-refractivity contribution in [2.24, 2.45) is 5.92 Å². The zero-order chi connectivity index (χ0) is 18.9. The van der Waals surface area contributed by atoms with E-state index in [9.17, 15) is 8.42 Å². The Morgan fingerprint density at radius 3 is 2.59 bits per heavy atom. The van der Waals surface area contributed by atoms with Crippen LogP contribution in [0.2, 0.25) is 0 Å². The number of fused-ring (bicyclic) bond motifs is 1. The minimum Gasteiger partial charge on any atom is -0.236 e. The first-order valence-electron chi connectivity index (χ1n) is 9.71. The second-order valence-corrected chi connectivity index (χ2v) is 9.31. The van der Waals surface area contributed by atoms with Gasteiger partial charge in [-0.1, -0.05) is 37.3 Å². The maximum atomic E-state index is 12.8. The summed E-state index contributed by atoms with van der Waals surface area (Å²) < 4.78 is 30.2. The Kier molecular flexibility index (Phi) is 5.25. The van der Waals surface area contributed by atoms with Crippen LogP contribution in [-0.4, -0.2) is 35.8 Å². The number of aromatic nitrogens is 2. The van der Waals surface area contributed by atoms with Gasteiger partial charge in [-0.15, -0.1) is 0 Å². The van der Waals surface area contributed by atoms with Gasteiger partial charge in [-0.2, -0.15) is 17.4 Å². The predicted molar refractivity (Wildman–Crippen MR) is 105 cm³/mol. The van der Waals surface area contributed by atoms with E-state index in [0.717, 1.165) is 48.9 Å². The van der Waals surface area contributed by atoms with Crippen LogP contribution < -0.4 is 4.72 Å². The molecular weight excluding hydrogens is 360 g/mol. The van der Waals surface area contributed by atoms with Crippen LogP contribution in [0.25, 0.3) is 11.4 Å². The number of nitrogens with zero attached hydrogens (tertiary/aromatic N) is 3. The van der Waals surface area contributed by atoms with Crippen molar-refractivity contribution < 1.29 is 8.42 Å². The van der Waals surface area contributed by atoms with E-state index in [2.05, 4.69) is 16.6 Å². The highest BCUT2D eigenvalue weighted by atomic mass is 32.2. The second-order valence-electron chi connectivity index (χ2n) is 7.61. The normalized spacial score (nSPS) is 21.7. The van der Waals surface area contributed by atoms with Crippen molar-refractivity contribution in [3.8, 4) is 11.4 Å². The lowest BCUT2D eigenvalue weighted by Gasteiger charge is -2.32. The standard InChI is InChI=1S/C20H26N4O2S/c1-15-10-12-24(13-11-15)27(25,26)23-19-9-5-8-18-17(19)14-21-20(22-18)16-6-3-2-4-7-16/h2-4,6-7,14-15,19,23H,5,8-13H2,1H3/t19-/m0/s1. The van der Waals surface area contributed by atoms with E-state index in [1.807, 2.05) is 30.3 Å². The van der Waals surface area contributed by atoms with Gasteiger partial charge in [-0.3, -0.25) is 0 Å². The molecule has 0 saturated carbocycles. The highest BCUT2D eigenvalue weighted by molar-refractivity contribution is 7.87. The van der Waals surface area contributed by atoms with Gasteiger partial charge in [0.05, 0.1) is 6.04 Å². The molecule has 1 aliphatic heterocycles. The van der Waals surface area contributed by atoms with E-state index < -0.39 is 10.2 Å². The minimum atomic E-state index is -3.48. The summed E-state index contributed by atoms with van der Waals surface area (Å²) in [5, 5.41) is 0. The Bertz CT molecular complexity index is 893. The van der Waals surface area contributed by atoms with Gasteiger partial charge in [0.2, 0.25) is 0 Å². The molecule has 7 heteroatoms. The summed E-state index contributed by atoms with van der Waals surface area (Å²) in [5.74, 6) is 1.29. The first-order chi connectivity index (χ1) is 13.0. The smallest absolute Gasteiger partial charge is 0.236 e. The number of aryl methyl sites for hydroxylation is 1. The summed E-state index contributed by atoms with van der Waals surface area (Å²) in [4.78, 5) is 9.23. The van der Waals surface area contributed by atoms with E-state index >= 15 is 0 Å². The molecule has 0 amide bonds. The number of hydrogen-bond donors (Lipinski definition) is 1. The third-order valence-corrected chi connectivity index (χ3v) is 7.21. The Labute approximate surface area is 161 Å². The molecule has 1 aromatic heterocycles. The molecule has 0 unspecified atom stereocenters. The van der Waals surface area contributed by atoms with Gasteiger partial charge in [0.15, 0.2) is 5.82 Å². The van der Waals surface area contributed by atoms with Crippen LogP contribution in [0, 0.1) is 5.92 Å². The van der Waals surface area contributed by atoms with Crippen molar-refractivity contribution in [2.75, 3.05) is 13.1 Å². The Balaban J connectivity index is 1.55. The van der Waals surface area contributed by atoms with E-state index in [0.29, 0.717) is 24.8 Å². The average Bonchev–Trinajstić information content (AvgIpc) is 2.68. The summed E-state index contributed by atoms with van der Waals surface area (Å²) in [6.45, 7) is 3.37. The van der Waals surface area contributed by atoms with Crippen molar-refractivity contribution in [3.05, 3.63) is 47.8 Å². The lowest BCUT2D eigenvalue weighted by molar-refractivity contribution is 0.282. The third kappa shape index (κ3) is 4.05. The zero-order valence-corrected chi connectivity index (χ0v) is 16.5. The monoisotopic (exact) mass is 386 g/mol. The molecule has 27 heavy (non-hydrogen) atoms. The van der Waals surface area contributed by atoms with E-state index in [-0.39, 0.29) is 6.04 Å². The largest absolute Gasteiger partial charge is 0.280 e. The van der Waals surface area contributed by atoms with Crippen LogP contribution in [0.3, 0.4) is 0 Å². The van der Waals surface area contributed by atoms with Gasteiger partial charge in [0, 0.05) is 36.1 Å². The summed E-state index contributed by atoms with van der Waals surface area (Å²) in [7, 11) is -3.48. The molecule has 1 aromatic carbocycles. The fourth-order valence-electron chi connectivity index (χ4n) is 3.88. The van der Waals surface area contributed by atoms with Gasteiger partial charge >= 0.3 is 0 Å². The van der Waals surface area contributed by atoms with Crippen LogP contribution >= 0.6 is 0 Å². The summed E-state index contributed by atoms with van der Waals surface area (Å²) in [6.07, 6.45) is 6.21. The van der Waals surface area contributed by atoms with Crippen LogP contribution in [0.15, 0.2) is 36.5 Å². The molecule has 2 aromatic rings. The highest BCUT2D eigenvalue weighted by Crippen LogP contribution is 2.31. The van der Waals surface area contributed by atoms with Crippen LogP contribution in [0.1, 0.15) is 49.9 Å². The molecule has 4 rings (SSSR count). The van der Waals surface area contributed by atoms with E-state index in [1.54, 1.807) is 10.5 Å². The fraction of sp³-hybridized carbons (Fsp3) is 0.500. The SMILES string of the molecule is CC1CCN(S(=O)(=O)N[C@H]2CCCc3nc(-c4ccccc4)ncc32)CC1. The van der Waals surface area contributed by atoms with Crippen molar-refractivity contribution >= 4 is 10.2 Å². The zero-order valence-electron chi connectivity index (χ0n) is 15.6. The van der Waals surface area contributed by atoms with Crippen molar-refractivity contribution in [2.45, 2.75) is 45.1 Å². The molecular formula is C20H26N4O2S. The van der Waals surface area contributed by atoms with Gasteiger partial charge in [0.25, 0.3) is 10.2 Å². The van der Waals surface area contributed by atoms with Crippen molar-refractivity contribution in [3.63, 3.8) is 0 Å². The first-order valence-corrected chi connectivity index (χ1v) is 11.2. The maximum Gasteiger partial charge on any atom is 0.280 e. The number of nitrogens with one attached hydrogen (secondary N) is 1. The average molecular weight is 387 g/mol. The number of rotatable bonds is 4. The molecule has 2 heterocycles. The van der Waals surface area contributed by atoms with Crippen LogP contribution in [-0.2, 0) is 16.6 Å². The van der Waals surface area contributed by atoms with Crippen molar-refractivity contribution in [1.82, 2.24) is 19.0 Å². The highest BCUT2D eigenvalue weighted by Gasteiger charge is 2.31. The lowest BCUT2D eigenvalue weighted by Crippen LogP contribution is -2.46. The molecule has 1 aliphatic carbocycles. The molecule has 1 atom stereocenters. The van der Waals surface area contributed by atoms with Gasteiger partial charge in [-0.25, -0.2) is 9.97 Å². The Hall–Kier alpha value is -1.83.